The van der Waals surface area contributed by atoms with Gasteiger partial charge in [-0.05, 0) is 11.8 Å². The molecule has 0 radical (unpaired) electrons. The van der Waals surface area contributed by atoms with Crippen molar-refractivity contribution in [2.45, 2.75) is 39.8 Å². The molecule has 11 heavy (non-hydrogen) atoms. The monoisotopic (exact) mass is 162 g/mol. The van der Waals surface area contributed by atoms with Crippen LogP contribution in [0, 0.1) is 5.41 Å². The minimum atomic E-state index is -1.03. The van der Waals surface area contributed by atoms with E-state index in [9.17, 15) is 9.18 Å². The number of rotatable bonds is 3. The molecule has 0 saturated heterocycles. The van der Waals surface area contributed by atoms with Crippen LogP contribution in [0.25, 0.3) is 0 Å². The van der Waals surface area contributed by atoms with Crippen LogP contribution in [-0.2, 0) is 4.79 Å². The molecule has 0 aromatic rings. The fourth-order valence-corrected chi connectivity index (χ4v) is 0.683. The third-order valence-corrected chi connectivity index (χ3v) is 1.55. The lowest BCUT2D eigenvalue weighted by atomic mass is 9.88. The average Bonchev–Trinajstić information content (AvgIpc) is 1.80. The van der Waals surface area contributed by atoms with Gasteiger partial charge in [-0.15, -0.1) is 0 Å². The Balaban J connectivity index is 3.70. The summed E-state index contributed by atoms with van der Waals surface area (Å²) in [5, 5.41) is 8.26. The summed E-state index contributed by atoms with van der Waals surface area (Å²) in [4.78, 5) is 10.1. The van der Waals surface area contributed by atoms with Gasteiger partial charge in [0.2, 0.25) is 0 Å². The molecule has 3 heteroatoms. The largest absolute Gasteiger partial charge is 0.481 e. The van der Waals surface area contributed by atoms with Crippen LogP contribution in [0.1, 0.15) is 33.6 Å². The maximum absolute atomic E-state index is 13.0. The van der Waals surface area contributed by atoms with Crippen molar-refractivity contribution in [1.82, 2.24) is 0 Å². The normalized spacial score (nSPS) is 14.5. The van der Waals surface area contributed by atoms with Crippen LogP contribution < -0.4 is 0 Å². The summed E-state index contributed by atoms with van der Waals surface area (Å²) in [7, 11) is 0. The van der Waals surface area contributed by atoms with Gasteiger partial charge in [0.1, 0.15) is 6.17 Å². The molecular formula is C8H15FO2. The number of carboxylic acid groups (broad SMARTS) is 1. The van der Waals surface area contributed by atoms with E-state index in [2.05, 4.69) is 0 Å². The Morgan fingerprint density at radius 1 is 1.55 bits per heavy atom. The van der Waals surface area contributed by atoms with Crippen molar-refractivity contribution < 1.29 is 14.3 Å². The molecule has 0 aromatic carbocycles. The highest BCUT2D eigenvalue weighted by molar-refractivity contribution is 5.66. The zero-order valence-electron chi connectivity index (χ0n) is 7.22. The molecule has 0 spiro atoms. The standard InChI is InChI=1S/C8H15FO2/c1-8(2,3)6(9)4-5-7(10)11/h6H,4-5H2,1-3H3,(H,10,11). The summed E-state index contributed by atoms with van der Waals surface area (Å²) < 4.78 is 13.0. The Kier molecular flexibility index (Phi) is 3.49. The molecular weight excluding hydrogens is 147 g/mol. The molecule has 0 aliphatic rings. The topological polar surface area (TPSA) is 37.3 Å². The SMILES string of the molecule is CC(C)(C)C(F)CCC(=O)O. The molecule has 0 fully saturated rings. The Labute approximate surface area is 66.4 Å². The van der Waals surface area contributed by atoms with Crippen LogP contribution in [0.3, 0.4) is 0 Å². The second kappa shape index (κ2) is 3.69. The van der Waals surface area contributed by atoms with E-state index in [0.717, 1.165) is 0 Å². The van der Waals surface area contributed by atoms with Gasteiger partial charge in [-0.1, -0.05) is 20.8 Å². The Morgan fingerprint density at radius 2 is 2.00 bits per heavy atom. The Morgan fingerprint density at radius 3 is 2.27 bits per heavy atom. The number of aliphatic carboxylic acids is 1. The van der Waals surface area contributed by atoms with Gasteiger partial charge in [0, 0.05) is 6.42 Å². The smallest absolute Gasteiger partial charge is 0.303 e. The maximum atomic E-state index is 13.0. The zero-order chi connectivity index (χ0) is 9.07. The van der Waals surface area contributed by atoms with Crippen molar-refractivity contribution >= 4 is 5.97 Å². The highest BCUT2D eigenvalue weighted by atomic mass is 19.1. The van der Waals surface area contributed by atoms with Gasteiger partial charge in [0.15, 0.2) is 0 Å². The third-order valence-electron chi connectivity index (χ3n) is 1.55. The zero-order valence-corrected chi connectivity index (χ0v) is 7.22. The second-order valence-electron chi connectivity index (χ2n) is 3.77. The molecule has 2 nitrogen and oxygen atoms in total. The molecule has 0 aliphatic heterocycles. The van der Waals surface area contributed by atoms with Crippen molar-refractivity contribution in [2.24, 2.45) is 5.41 Å². The van der Waals surface area contributed by atoms with E-state index in [1.54, 1.807) is 20.8 Å². The van der Waals surface area contributed by atoms with E-state index in [4.69, 9.17) is 5.11 Å². The number of halogens is 1. The van der Waals surface area contributed by atoms with Gasteiger partial charge in [0.05, 0.1) is 0 Å². The summed E-state index contributed by atoms with van der Waals surface area (Å²) >= 11 is 0. The molecule has 1 atom stereocenters. The lowest BCUT2D eigenvalue weighted by Crippen LogP contribution is -2.22. The first-order valence-electron chi connectivity index (χ1n) is 3.70. The van der Waals surface area contributed by atoms with E-state index in [-0.39, 0.29) is 12.8 Å². The van der Waals surface area contributed by atoms with Crippen molar-refractivity contribution in [3.05, 3.63) is 0 Å². The van der Waals surface area contributed by atoms with E-state index in [1.165, 1.54) is 0 Å². The molecule has 1 N–H and O–H groups in total. The van der Waals surface area contributed by atoms with Crippen LogP contribution >= 0.6 is 0 Å². The summed E-state index contributed by atoms with van der Waals surface area (Å²) in [5.74, 6) is -0.933. The van der Waals surface area contributed by atoms with E-state index in [1.807, 2.05) is 0 Å². The molecule has 66 valence electrons. The quantitative estimate of drug-likeness (QED) is 0.691. The van der Waals surface area contributed by atoms with Gasteiger partial charge in [-0.2, -0.15) is 0 Å². The summed E-state index contributed by atoms with van der Waals surface area (Å²) in [6, 6.07) is 0. The van der Waals surface area contributed by atoms with E-state index < -0.39 is 17.6 Å². The van der Waals surface area contributed by atoms with Gasteiger partial charge in [-0.25, -0.2) is 4.39 Å². The fraction of sp³-hybridized carbons (Fsp3) is 0.875. The first kappa shape index (κ1) is 10.4. The predicted octanol–water partition coefficient (Wildman–Crippen LogP) is 2.24. The molecule has 1 unspecified atom stereocenters. The van der Waals surface area contributed by atoms with Crippen LogP contribution in [0.2, 0.25) is 0 Å². The number of hydrogen-bond donors (Lipinski definition) is 1. The summed E-state index contributed by atoms with van der Waals surface area (Å²) in [6.45, 7) is 5.29. The van der Waals surface area contributed by atoms with Crippen molar-refractivity contribution in [3.8, 4) is 0 Å². The Hall–Kier alpha value is -0.600. The average molecular weight is 162 g/mol. The number of alkyl halides is 1. The molecule has 0 rings (SSSR count). The third kappa shape index (κ3) is 4.76. The minimum absolute atomic E-state index is 0.0849. The summed E-state index contributed by atoms with van der Waals surface area (Å²) in [6.07, 6.45) is -1.00. The molecule has 0 bridgehead atoms. The van der Waals surface area contributed by atoms with Crippen molar-refractivity contribution in [2.75, 3.05) is 0 Å². The van der Waals surface area contributed by atoms with Crippen LogP contribution in [-0.4, -0.2) is 17.2 Å². The Bertz CT molecular complexity index is 138. The molecule has 0 amide bonds. The minimum Gasteiger partial charge on any atom is -0.481 e. The number of hydrogen-bond acceptors (Lipinski definition) is 1. The van der Waals surface area contributed by atoms with Crippen molar-refractivity contribution in [1.29, 1.82) is 0 Å². The highest BCUT2D eigenvalue weighted by Crippen LogP contribution is 2.25. The second-order valence-corrected chi connectivity index (χ2v) is 3.77. The van der Waals surface area contributed by atoms with Crippen LogP contribution in [0.5, 0.6) is 0 Å². The van der Waals surface area contributed by atoms with Gasteiger partial charge in [-0.3, -0.25) is 4.79 Å². The first-order valence-corrected chi connectivity index (χ1v) is 3.70. The lowest BCUT2D eigenvalue weighted by molar-refractivity contribution is -0.137. The van der Waals surface area contributed by atoms with Crippen molar-refractivity contribution in [3.63, 3.8) is 0 Å². The molecule has 0 heterocycles. The predicted molar refractivity (Wildman–Crippen MR) is 41.2 cm³/mol. The summed E-state index contributed by atoms with van der Waals surface area (Å²) in [5.41, 5.74) is -0.435. The van der Waals surface area contributed by atoms with Gasteiger partial charge in [0.25, 0.3) is 0 Å². The molecule has 0 aliphatic carbocycles. The lowest BCUT2D eigenvalue weighted by Gasteiger charge is -2.22. The number of carbonyl (C=O) groups is 1. The van der Waals surface area contributed by atoms with Gasteiger partial charge < -0.3 is 5.11 Å². The van der Waals surface area contributed by atoms with Crippen LogP contribution in [0.15, 0.2) is 0 Å². The highest BCUT2D eigenvalue weighted by Gasteiger charge is 2.24. The maximum Gasteiger partial charge on any atom is 0.303 e. The molecule has 0 saturated carbocycles. The van der Waals surface area contributed by atoms with E-state index in [0.29, 0.717) is 0 Å². The fourth-order valence-electron chi connectivity index (χ4n) is 0.683. The van der Waals surface area contributed by atoms with Gasteiger partial charge >= 0.3 is 5.97 Å². The first-order chi connectivity index (χ1) is 4.84. The van der Waals surface area contributed by atoms with E-state index >= 15 is 0 Å². The molecule has 0 aromatic heterocycles. The number of carboxylic acids is 1. The van der Waals surface area contributed by atoms with Crippen LogP contribution in [0.4, 0.5) is 4.39 Å².